The summed E-state index contributed by atoms with van der Waals surface area (Å²) in [5, 5.41) is 5.89. The number of furan rings is 1. The largest absolute Gasteiger partial charge is 0.461 e. The number of likely N-dealkylation sites (tertiary alicyclic amines) is 1. The minimum absolute atomic E-state index is 0.212. The summed E-state index contributed by atoms with van der Waals surface area (Å²) in [5.74, 6) is 1.82. The number of nitrogens with zero attached hydrogens (tertiary/aromatic N) is 3. The van der Waals surface area contributed by atoms with Gasteiger partial charge in [0.15, 0.2) is 11.5 Å². The number of thiophene rings is 1. The Morgan fingerprint density at radius 2 is 2.33 bits per heavy atom. The Hall–Kier alpha value is -2.25. The van der Waals surface area contributed by atoms with E-state index in [4.69, 9.17) is 8.94 Å². The summed E-state index contributed by atoms with van der Waals surface area (Å²) in [6, 6.07) is 7.63. The molecule has 1 unspecified atom stereocenters. The molecule has 1 aliphatic rings. The molecule has 0 radical (unpaired) electrons. The van der Waals surface area contributed by atoms with Crippen molar-refractivity contribution in [3.63, 3.8) is 0 Å². The van der Waals surface area contributed by atoms with Crippen molar-refractivity contribution in [2.45, 2.75) is 31.8 Å². The minimum atomic E-state index is 0.212. The third-order valence-corrected chi connectivity index (χ3v) is 5.17. The number of hydrogen-bond donors (Lipinski definition) is 0. The highest BCUT2D eigenvalue weighted by molar-refractivity contribution is 7.12. The van der Waals surface area contributed by atoms with E-state index >= 15 is 0 Å². The first kappa shape index (κ1) is 15.3. The van der Waals surface area contributed by atoms with Gasteiger partial charge >= 0.3 is 0 Å². The molecule has 1 saturated heterocycles. The lowest BCUT2D eigenvalue weighted by Crippen LogP contribution is -2.31. The molecule has 6 nitrogen and oxygen atoms in total. The Labute approximate surface area is 143 Å². The molecule has 0 spiro atoms. The topological polar surface area (TPSA) is 72.4 Å². The number of aromatic nitrogens is 2. The van der Waals surface area contributed by atoms with Gasteiger partial charge in [-0.3, -0.25) is 9.69 Å². The molecule has 0 aliphatic carbocycles. The third kappa shape index (κ3) is 3.18. The second kappa shape index (κ2) is 6.70. The number of Topliss-reactive ketones (excluding diaryl/α,β-unsaturated/α-hetero) is 1. The van der Waals surface area contributed by atoms with E-state index < -0.39 is 0 Å². The van der Waals surface area contributed by atoms with Crippen LogP contribution >= 0.6 is 11.3 Å². The van der Waals surface area contributed by atoms with E-state index in [-0.39, 0.29) is 11.8 Å². The van der Waals surface area contributed by atoms with Crippen LogP contribution in [0.4, 0.5) is 0 Å². The lowest BCUT2D eigenvalue weighted by atomic mass is 10.1. The average Bonchev–Trinajstić information content (AvgIpc) is 3.37. The number of carbonyl (C=O) groups is 1. The Morgan fingerprint density at radius 1 is 1.38 bits per heavy atom. The number of hydrogen-bond acceptors (Lipinski definition) is 7. The van der Waals surface area contributed by atoms with Crippen molar-refractivity contribution in [3.05, 3.63) is 46.7 Å². The lowest BCUT2D eigenvalue weighted by molar-refractivity contribution is 0.0936. The predicted molar refractivity (Wildman–Crippen MR) is 88.7 cm³/mol. The number of ketones is 1. The van der Waals surface area contributed by atoms with Gasteiger partial charge in [0, 0.05) is 12.5 Å². The zero-order valence-corrected chi connectivity index (χ0v) is 13.9. The van der Waals surface area contributed by atoms with E-state index in [0.717, 1.165) is 24.3 Å². The van der Waals surface area contributed by atoms with Crippen molar-refractivity contribution < 1.29 is 13.7 Å². The Morgan fingerprint density at radius 3 is 3.12 bits per heavy atom. The van der Waals surface area contributed by atoms with Gasteiger partial charge < -0.3 is 8.94 Å². The molecule has 1 atom stereocenters. The quantitative estimate of drug-likeness (QED) is 0.636. The summed E-state index contributed by atoms with van der Waals surface area (Å²) >= 11 is 1.50. The average molecular weight is 343 g/mol. The Kier molecular flexibility index (Phi) is 4.27. The van der Waals surface area contributed by atoms with E-state index in [1.165, 1.54) is 11.3 Å². The van der Waals surface area contributed by atoms with Crippen LogP contribution in [-0.4, -0.2) is 33.4 Å². The molecule has 4 rings (SSSR count). The van der Waals surface area contributed by atoms with Crippen molar-refractivity contribution in [1.82, 2.24) is 15.0 Å². The molecule has 124 valence electrons. The molecule has 0 amide bonds. The zero-order chi connectivity index (χ0) is 16.4. The third-order valence-electron chi connectivity index (χ3n) is 4.26. The molecule has 0 saturated carbocycles. The summed E-state index contributed by atoms with van der Waals surface area (Å²) in [6.07, 6.45) is 4.23. The van der Waals surface area contributed by atoms with Crippen molar-refractivity contribution >= 4 is 17.1 Å². The van der Waals surface area contributed by atoms with Gasteiger partial charge in [-0.2, -0.15) is 4.98 Å². The van der Waals surface area contributed by atoms with Crippen LogP contribution in [0.25, 0.3) is 11.6 Å². The summed E-state index contributed by atoms with van der Waals surface area (Å²) in [5.41, 5.74) is 0. The highest BCUT2D eigenvalue weighted by Crippen LogP contribution is 2.25. The highest BCUT2D eigenvalue weighted by Gasteiger charge is 2.28. The van der Waals surface area contributed by atoms with Gasteiger partial charge in [-0.05, 0) is 43.0 Å². The fourth-order valence-corrected chi connectivity index (χ4v) is 3.76. The SMILES string of the molecule is O=C(CC1CCCN1Cc1nc(-c2ccco2)no1)c1cccs1. The summed E-state index contributed by atoms with van der Waals surface area (Å²) in [7, 11) is 0. The molecule has 3 aromatic rings. The Bertz CT molecular complexity index is 795. The van der Waals surface area contributed by atoms with Crippen LogP contribution in [0.1, 0.15) is 34.8 Å². The molecule has 24 heavy (non-hydrogen) atoms. The fourth-order valence-electron chi connectivity index (χ4n) is 3.08. The zero-order valence-electron chi connectivity index (χ0n) is 13.1. The smallest absolute Gasteiger partial charge is 0.241 e. The van der Waals surface area contributed by atoms with Crippen molar-refractivity contribution in [1.29, 1.82) is 0 Å². The van der Waals surface area contributed by atoms with Crippen LogP contribution in [-0.2, 0) is 6.54 Å². The van der Waals surface area contributed by atoms with Crippen LogP contribution in [0.2, 0.25) is 0 Å². The molecular weight excluding hydrogens is 326 g/mol. The van der Waals surface area contributed by atoms with Crippen molar-refractivity contribution in [3.8, 4) is 11.6 Å². The molecule has 0 N–H and O–H groups in total. The monoisotopic (exact) mass is 343 g/mol. The van der Waals surface area contributed by atoms with Gasteiger partial charge in [-0.15, -0.1) is 11.3 Å². The van der Waals surface area contributed by atoms with Gasteiger partial charge in [0.05, 0.1) is 17.7 Å². The maximum atomic E-state index is 12.3. The summed E-state index contributed by atoms with van der Waals surface area (Å²) < 4.78 is 10.6. The molecule has 0 aromatic carbocycles. The predicted octanol–water partition coefficient (Wildman–Crippen LogP) is 3.63. The van der Waals surface area contributed by atoms with E-state index in [1.807, 2.05) is 17.5 Å². The van der Waals surface area contributed by atoms with Crippen LogP contribution in [0, 0.1) is 0 Å². The number of carbonyl (C=O) groups excluding carboxylic acids is 1. The maximum Gasteiger partial charge on any atom is 0.241 e. The van der Waals surface area contributed by atoms with Gasteiger partial charge in [0.2, 0.25) is 11.7 Å². The van der Waals surface area contributed by atoms with Crippen LogP contribution in [0.3, 0.4) is 0 Å². The minimum Gasteiger partial charge on any atom is -0.461 e. The molecule has 0 bridgehead atoms. The molecule has 7 heteroatoms. The van der Waals surface area contributed by atoms with Crippen LogP contribution in [0.15, 0.2) is 44.8 Å². The first-order valence-corrected chi connectivity index (χ1v) is 8.85. The van der Waals surface area contributed by atoms with Gasteiger partial charge in [0.1, 0.15) is 0 Å². The van der Waals surface area contributed by atoms with Crippen molar-refractivity contribution in [2.75, 3.05) is 6.54 Å². The maximum absolute atomic E-state index is 12.3. The van der Waals surface area contributed by atoms with Gasteiger partial charge in [-0.1, -0.05) is 11.2 Å². The fraction of sp³-hybridized carbons (Fsp3) is 0.353. The number of rotatable bonds is 6. The van der Waals surface area contributed by atoms with Gasteiger partial charge in [0.25, 0.3) is 0 Å². The van der Waals surface area contributed by atoms with Crippen LogP contribution in [0.5, 0.6) is 0 Å². The van der Waals surface area contributed by atoms with Crippen molar-refractivity contribution in [2.24, 2.45) is 0 Å². The van der Waals surface area contributed by atoms with E-state index in [9.17, 15) is 4.79 Å². The standard InChI is InChI=1S/C17H17N3O3S/c21-13(15-6-3-9-24-15)10-12-4-1-7-20(12)11-16-18-17(19-23-16)14-5-2-8-22-14/h2-3,5-6,8-9,12H,1,4,7,10-11H2. The first-order chi connectivity index (χ1) is 11.8. The van der Waals surface area contributed by atoms with E-state index in [1.54, 1.807) is 18.4 Å². The van der Waals surface area contributed by atoms with Gasteiger partial charge in [-0.25, -0.2) is 0 Å². The summed E-state index contributed by atoms with van der Waals surface area (Å²) in [6.45, 7) is 1.51. The molecule has 1 aliphatic heterocycles. The Balaban J connectivity index is 1.41. The second-order valence-corrected chi connectivity index (χ2v) is 6.81. The normalized spacial score (nSPS) is 18.2. The molecule has 3 aromatic heterocycles. The molecule has 1 fully saturated rings. The highest BCUT2D eigenvalue weighted by atomic mass is 32.1. The summed E-state index contributed by atoms with van der Waals surface area (Å²) in [4.78, 5) is 19.8. The lowest BCUT2D eigenvalue weighted by Gasteiger charge is -2.21. The first-order valence-electron chi connectivity index (χ1n) is 7.97. The molecule has 4 heterocycles. The van der Waals surface area contributed by atoms with Crippen LogP contribution < -0.4 is 0 Å². The molecular formula is C17H17N3O3S. The van der Waals surface area contributed by atoms with E-state index in [0.29, 0.717) is 30.4 Å². The van der Waals surface area contributed by atoms with E-state index in [2.05, 4.69) is 15.0 Å². The second-order valence-electron chi connectivity index (χ2n) is 5.86.